The number of para-hydroxylation sites is 1. The molecule has 1 aromatic carbocycles. The second-order valence-corrected chi connectivity index (χ2v) is 4.03. The van der Waals surface area contributed by atoms with Crippen molar-refractivity contribution in [3.63, 3.8) is 0 Å². The maximum Gasteiger partial charge on any atom is 0.146 e. The minimum absolute atomic E-state index is 0.195. The molecule has 0 amide bonds. The van der Waals surface area contributed by atoms with Crippen molar-refractivity contribution in [2.45, 2.75) is 13.5 Å². The lowest BCUT2D eigenvalue weighted by Crippen LogP contribution is -2.28. The van der Waals surface area contributed by atoms with Gasteiger partial charge in [0.1, 0.15) is 11.6 Å². The summed E-state index contributed by atoms with van der Waals surface area (Å²) in [4.78, 5) is 1.98. The average Bonchev–Trinajstić information content (AvgIpc) is 2.78. The van der Waals surface area contributed by atoms with Crippen molar-refractivity contribution in [1.82, 2.24) is 9.78 Å². The van der Waals surface area contributed by atoms with Gasteiger partial charge in [0.2, 0.25) is 0 Å². The van der Waals surface area contributed by atoms with Crippen LogP contribution in [0.25, 0.3) is 0 Å². The standard InChI is InChI=1S/C13H17FN4/c1-2-17(12-6-4-3-5-11(12)14)9-10-18-8-7-13(15)16-18/h3-8H,2,9-10H2,1H3,(H2,15,16). The number of nitrogen functional groups attached to an aromatic ring is 1. The van der Waals surface area contributed by atoms with Crippen molar-refractivity contribution in [2.75, 3.05) is 23.7 Å². The minimum Gasteiger partial charge on any atom is -0.382 e. The van der Waals surface area contributed by atoms with Crippen molar-refractivity contribution in [3.8, 4) is 0 Å². The van der Waals surface area contributed by atoms with E-state index in [9.17, 15) is 4.39 Å². The highest BCUT2D eigenvalue weighted by Crippen LogP contribution is 2.18. The summed E-state index contributed by atoms with van der Waals surface area (Å²) in [5, 5.41) is 4.11. The molecule has 2 rings (SSSR count). The van der Waals surface area contributed by atoms with Gasteiger partial charge in [-0.15, -0.1) is 0 Å². The molecule has 0 radical (unpaired) electrons. The van der Waals surface area contributed by atoms with E-state index >= 15 is 0 Å². The normalized spacial score (nSPS) is 10.6. The Bertz CT molecular complexity index is 509. The molecule has 0 fully saturated rings. The van der Waals surface area contributed by atoms with E-state index in [0.717, 1.165) is 6.54 Å². The van der Waals surface area contributed by atoms with Gasteiger partial charge in [-0.2, -0.15) is 5.10 Å². The molecule has 0 aliphatic rings. The van der Waals surface area contributed by atoms with Crippen LogP contribution in [0.3, 0.4) is 0 Å². The molecule has 18 heavy (non-hydrogen) atoms. The molecule has 2 N–H and O–H groups in total. The molecule has 0 unspecified atom stereocenters. The number of hydrogen-bond acceptors (Lipinski definition) is 3. The minimum atomic E-state index is -0.195. The van der Waals surface area contributed by atoms with Crippen LogP contribution >= 0.6 is 0 Å². The maximum atomic E-state index is 13.7. The van der Waals surface area contributed by atoms with Gasteiger partial charge in [-0.25, -0.2) is 4.39 Å². The topological polar surface area (TPSA) is 47.1 Å². The Morgan fingerprint density at radius 2 is 2.11 bits per heavy atom. The summed E-state index contributed by atoms with van der Waals surface area (Å²) < 4.78 is 15.4. The number of likely N-dealkylation sites (N-methyl/N-ethyl adjacent to an activating group) is 1. The van der Waals surface area contributed by atoms with Crippen molar-refractivity contribution < 1.29 is 4.39 Å². The van der Waals surface area contributed by atoms with E-state index in [1.54, 1.807) is 22.9 Å². The fourth-order valence-electron chi connectivity index (χ4n) is 1.88. The van der Waals surface area contributed by atoms with Gasteiger partial charge in [0, 0.05) is 19.3 Å². The van der Waals surface area contributed by atoms with Gasteiger partial charge in [-0.3, -0.25) is 4.68 Å². The third-order valence-electron chi connectivity index (χ3n) is 2.84. The smallest absolute Gasteiger partial charge is 0.146 e. The Morgan fingerprint density at radius 3 is 2.72 bits per heavy atom. The van der Waals surface area contributed by atoms with Crippen LogP contribution in [0, 0.1) is 5.82 Å². The molecular formula is C13H17FN4. The second-order valence-electron chi connectivity index (χ2n) is 4.03. The van der Waals surface area contributed by atoms with Crippen molar-refractivity contribution in [3.05, 3.63) is 42.3 Å². The summed E-state index contributed by atoms with van der Waals surface area (Å²) in [5.74, 6) is 0.309. The fourth-order valence-corrected chi connectivity index (χ4v) is 1.88. The van der Waals surface area contributed by atoms with Crippen molar-refractivity contribution >= 4 is 11.5 Å². The molecule has 0 spiro atoms. The second kappa shape index (κ2) is 5.53. The number of aromatic nitrogens is 2. The molecule has 5 heteroatoms. The van der Waals surface area contributed by atoms with Crippen molar-refractivity contribution in [2.24, 2.45) is 0 Å². The monoisotopic (exact) mass is 248 g/mol. The zero-order chi connectivity index (χ0) is 13.0. The largest absolute Gasteiger partial charge is 0.382 e. The molecule has 0 saturated heterocycles. The van der Waals surface area contributed by atoms with Crippen LogP contribution in [-0.4, -0.2) is 22.9 Å². The summed E-state index contributed by atoms with van der Waals surface area (Å²) in [6.45, 7) is 4.12. The van der Waals surface area contributed by atoms with E-state index < -0.39 is 0 Å². The highest BCUT2D eigenvalue weighted by Gasteiger charge is 2.09. The number of rotatable bonds is 5. The number of benzene rings is 1. The first-order chi connectivity index (χ1) is 8.70. The molecule has 1 aromatic heterocycles. The zero-order valence-electron chi connectivity index (χ0n) is 10.4. The molecule has 0 atom stereocenters. The number of anilines is 2. The lowest BCUT2D eigenvalue weighted by atomic mass is 10.2. The molecule has 0 aliphatic carbocycles. The van der Waals surface area contributed by atoms with Crippen LogP contribution in [0.1, 0.15) is 6.92 Å². The Kier molecular flexibility index (Phi) is 3.82. The molecule has 96 valence electrons. The highest BCUT2D eigenvalue weighted by atomic mass is 19.1. The van der Waals surface area contributed by atoms with Crippen LogP contribution in [0.15, 0.2) is 36.5 Å². The van der Waals surface area contributed by atoms with E-state index in [1.807, 2.05) is 24.1 Å². The SMILES string of the molecule is CCN(CCn1ccc(N)n1)c1ccccc1F. The fraction of sp³-hybridized carbons (Fsp3) is 0.308. The first-order valence-corrected chi connectivity index (χ1v) is 5.99. The molecular weight excluding hydrogens is 231 g/mol. The molecule has 2 aromatic rings. The van der Waals surface area contributed by atoms with Gasteiger partial charge in [-0.05, 0) is 25.1 Å². The lowest BCUT2D eigenvalue weighted by molar-refractivity contribution is 0.583. The maximum absolute atomic E-state index is 13.7. The average molecular weight is 248 g/mol. The number of halogens is 1. The molecule has 0 aliphatic heterocycles. The molecule has 0 bridgehead atoms. The molecule has 1 heterocycles. The van der Waals surface area contributed by atoms with Gasteiger partial charge in [-0.1, -0.05) is 12.1 Å². The number of nitrogens with zero attached hydrogens (tertiary/aromatic N) is 3. The summed E-state index contributed by atoms with van der Waals surface area (Å²) in [6.07, 6.45) is 1.82. The predicted octanol–water partition coefficient (Wildman–Crippen LogP) is 2.13. The Morgan fingerprint density at radius 1 is 1.33 bits per heavy atom. The van der Waals surface area contributed by atoms with Crippen LogP contribution in [-0.2, 0) is 6.54 Å². The van der Waals surface area contributed by atoms with Crippen molar-refractivity contribution in [1.29, 1.82) is 0 Å². The Labute approximate surface area is 106 Å². The first-order valence-electron chi connectivity index (χ1n) is 5.99. The van der Waals surface area contributed by atoms with Gasteiger partial charge in [0.15, 0.2) is 0 Å². The number of nitrogens with two attached hydrogens (primary N) is 1. The Balaban J connectivity index is 2.04. The quantitative estimate of drug-likeness (QED) is 0.881. The summed E-state index contributed by atoms with van der Waals surface area (Å²) in [5.41, 5.74) is 6.17. The summed E-state index contributed by atoms with van der Waals surface area (Å²) >= 11 is 0. The highest BCUT2D eigenvalue weighted by molar-refractivity contribution is 5.47. The third kappa shape index (κ3) is 2.80. The number of hydrogen-bond donors (Lipinski definition) is 1. The van der Waals surface area contributed by atoms with Gasteiger partial charge < -0.3 is 10.6 Å². The first kappa shape index (κ1) is 12.4. The summed E-state index contributed by atoms with van der Waals surface area (Å²) in [7, 11) is 0. The van der Waals surface area contributed by atoms with Gasteiger partial charge in [0.05, 0.1) is 12.2 Å². The molecule has 0 saturated carbocycles. The van der Waals surface area contributed by atoms with Gasteiger partial charge >= 0.3 is 0 Å². The van der Waals surface area contributed by atoms with E-state index in [4.69, 9.17) is 5.73 Å². The van der Waals surface area contributed by atoms with E-state index in [2.05, 4.69) is 5.10 Å². The van der Waals surface area contributed by atoms with Crippen LogP contribution in [0.5, 0.6) is 0 Å². The van der Waals surface area contributed by atoms with Crippen LogP contribution < -0.4 is 10.6 Å². The van der Waals surface area contributed by atoms with E-state index in [1.165, 1.54) is 6.07 Å². The predicted molar refractivity (Wildman–Crippen MR) is 70.9 cm³/mol. The molecule has 4 nitrogen and oxygen atoms in total. The summed E-state index contributed by atoms with van der Waals surface area (Å²) in [6, 6.07) is 8.55. The third-order valence-corrected chi connectivity index (χ3v) is 2.84. The zero-order valence-corrected chi connectivity index (χ0v) is 10.4. The van der Waals surface area contributed by atoms with E-state index in [0.29, 0.717) is 24.6 Å². The van der Waals surface area contributed by atoms with Crippen LogP contribution in [0.2, 0.25) is 0 Å². The Hall–Kier alpha value is -2.04. The van der Waals surface area contributed by atoms with Gasteiger partial charge in [0.25, 0.3) is 0 Å². The lowest BCUT2D eigenvalue weighted by Gasteiger charge is -2.23. The van der Waals surface area contributed by atoms with E-state index in [-0.39, 0.29) is 5.82 Å². The van der Waals surface area contributed by atoms with Crippen LogP contribution in [0.4, 0.5) is 15.9 Å².